The van der Waals surface area contributed by atoms with Gasteiger partial charge in [-0.05, 0) is 54.1 Å². The van der Waals surface area contributed by atoms with Crippen LogP contribution in [0.2, 0.25) is 0 Å². The van der Waals surface area contributed by atoms with Crippen molar-refractivity contribution < 1.29 is 27.0 Å². The number of hydrogen-bond acceptors (Lipinski definition) is 5. The van der Waals surface area contributed by atoms with Gasteiger partial charge in [0.25, 0.3) is 10.0 Å². The van der Waals surface area contributed by atoms with E-state index in [2.05, 4.69) is 0 Å². The number of ether oxygens (including phenoxy) is 3. The van der Waals surface area contributed by atoms with E-state index in [1.54, 1.807) is 36.4 Å². The second-order valence-electron chi connectivity index (χ2n) is 6.36. The van der Waals surface area contributed by atoms with Gasteiger partial charge in [-0.3, -0.25) is 4.31 Å². The lowest BCUT2D eigenvalue weighted by atomic mass is 10.2. The fourth-order valence-electron chi connectivity index (χ4n) is 2.97. The summed E-state index contributed by atoms with van der Waals surface area (Å²) in [6, 6.07) is 16.7. The van der Waals surface area contributed by atoms with Crippen LogP contribution < -0.4 is 18.5 Å². The van der Waals surface area contributed by atoms with Crippen molar-refractivity contribution >= 4 is 15.7 Å². The Hall–Kier alpha value is -3.26. The molecule has 0 heterocycles. The molecule has 0 bridgehead atoms. The summed E-state index contributed by atoms with van der Waals surface area (Å²) >= 11 is 0. The van der Waals surface area contributed by atoms with Crippen LogP contribution >= 0.6 is 0 Å². The van der Waals surface area contributed by atoms with Crippen molar-refractivity contribution in [1.29, 1.82) is 0 Å². The highest BCUT2D eigenvalue weighted by atomic mass is 32.2. The van der Waals surface area contributed by atoms with Crippen LogP contribution in [0.1, 0.15) is 5.56 Å². The van der Waals surface area contributed by atoms with E-state index < -0.39 is 15.8 Å². The molecular weight excluding hydrogens is 409 g/mol. The molecule has 30 heavy (non-hydrogen) atoms. The van der Waals surface area contributed by atoms with Crippen LogP contribution in [0, 0.1) is 5.82 Å². The lowest BCUT2D eigenvalue weighted by molar-refractivity contribution is 0.355. The molecular formula is C22H22FNO5S. The van der Waals surface area contributed by atoms with Crippen LogP contribution in [0.3, 0.4) is 0 Å². The molecule has 0 unspecified atom stereocenters. The lowest BCUT2D eigenvalue weighted by Gasteiger charge is -2.25. The van der Waals surface area contributed by atoms with E-state index >= 15 is 0 Å². The van der Waals surface area contributed by atoms with Crippen LogP contribution in [-0.2, 0) is 16.6 Å². The zero-order valence-electron chi connectivity index (χ0n) is 16.8. The number of halogens is 1. The average molecular weight is 431 g/mol. The van der Waals surface area contributed by atoms with Crippen molar-refractivity contribution in [3.63, 3.8) is 0 Å². The minimum absolute atomic E-state index is 0.0679. The Morgan fingerprint density at radius 1 is 0.833 bits per heavy atom. The molecule has 0 atom stereocenters. The van der Waals surface area contributed by atoms with E-state index in [4.69, 9.17) is 14.2 Å². The second-order valence-corrected chi connectivity index (χ2v) is 8.22. The fraction of sp³-hybridized carbons (Fsp3) is 0.182. The average Bonchev–Trinajstić information content (AvgIpc) is 2.77. The quantitative estimate of drug-likeness (QED) is 0.534. The molecule has 8 heteroatoms. The third kappa shape index (κ3) is 4.49. The van der Waals surface area contributed by atoms with Crippen molar-refractivity contribution in [2.24, 2.45) is 0 Å². The molecule has 158 valence electrons. The van der Waals surface area contributed by atoms with Crippen LogP contribution in [-0.4, -0.2) is 29.7 Å². The van der Waals surface area contributed by atoms with Gasteiger partial charge < -0.3 is 14.2 Å². The zero-order valence-corrected chi connectivity index (χ0v) is 17.6. The maximum absolute atomic E-state index is 13.7. The van der Waals surface area contributed by atoms with Gasteiger partial charge >= 0.3 is 0 Å². The Morgan fingerprint density at radius 3 is 2.13 bits per heavy atom. The van der Waals surface area contributed by atoms with E-state index in [0.29, 0.717) is 28.5 Å². The molecule has 0 aliphatic heterocycles. The van der Waals surface area contributed by atoms with Gasteiger partial charge in [0, 0.05) is 6.07 Å². The minimum Gasteiger partial charge on any atom is -0.497 e. The van der Waals surface area contributed by atoms with Gasteiger partial charge in [-0.1, -0.05) is 12.1 Å². The summed E-state index contributed by atoms with van der Waals surface area (Å²) in [6.07, 6.45) is 0. The van der Waals surface area contributed by atoms with Crippen LogP contribution in [0.5, 0.6) is 17.2 Å². The molecule has 3 aromatic rings. The summed E-state index contributed by atoms with van der Waals surface area (Å²) in [5.74, 6) is 0.941. The third-order valence-electron chi connectivity index (χ3n) is 4.52. The first-order chi connectivity index (χ1) is 14.4. The molecule has 0 saturated heterocycles. The highest BCUT2D eigenvalue weighted by molar-refractivity contribution is 7.92. The molecule has 0 spiro atoms. The monoisotopic (exact) mass is 431 g/mol. The smallest absolute Gasteiger partial charge is 0.264 e. The van der Waals surface area contributed by atoms with Crippen LogP contribution in [0.15, 0.2) is 71.6 Å². The first-order valence-electron chi connectivity index (χ1n) is 9.02. The summed E-state index contributed by atoms with van der Waals surface area (Å²) in [6.45, 7) is -0.0679. The zero-order chi connectivity index (χ0) is 21.7. The van der Waals surface area contributed by atoms with Crippen molar-refractivity contribution in [2.45, 2.75) is 11.4 Å². The van der Waals surface area contributed by atoms with Gasteiger partial charge in [0.2, 0.25) is 0 Å². The Balaban J connectivity index is 2.11. The summed E-state index contributed by atoms with van der Waals surface area (Å²) in [4.78, 5) is 0.0782. The molecule has 0 aliphatic rings. The molecule has 0 saturated carbocycles. The van der Waals surface area contributed by atoms with Gasteiger partial charge in [0.1, 0.15) is 11.6 Å². The van der Waals surface area contributed by atoms with Gasteiger partial charge in [0.15, 0.2) is 11.5 Å². The van der Waals surface area contributed by atoms with Crippen LogP contribution in [0.4, 0.5) is 10.1 Å². The number of nitrogens with zero attached hydrogens (tertiary/aromatic N) is 1. The van der Waals surface area contributed by atoms with Crippen LogP contribution in [0.25, 0.3) is 0 Å². The SMILES string of the molecule is COc1ccc(S(=O)(=O)N(Cc2cccc(F)c2)c2ccc(OC)c(OC)c2)cc1. The van der Waals surface area contributed by atoms with E-state index in [-0.39, 0.29) is 11.4 Å². The molecule has 0 N–H and O–H groups in total. The predicted molar refractivity (Wildman–Crippen MR) is 112 cm³/mol. The van der Waals surface area contributed by atoms with Gasteiger partial charge in [0.05, 0.1) is 38.5 Å². The first kappa shape index (κ1) is 21.4. The molecule has 3 rings (SSSR count). The molecule has 0 fully saturated rings. The summed E-state index contributed by atoms with van der Waals surface area (Å²) in [7, 11) is 0.493. The molecule has 0 amide bonds. The van der Waals surface area contributed by atoms with Crippen molar-refractivity contribution in [3.05, 3.63) is 78.1 Å². The van der Waals surface area contributed by atoms with Gasteiger partial charge in [-0.2, -0.15) is 0 Å². The summed E-state index contributed by atoms with van der Waals surface area (Å²) in [5.41, 5.74) is 0.856. The summed E-state index contributed by atoms with van der Waals surface area (Å²) < 4.78 is 57.6. The van der Waals surface area contributed by atoms with Gasteiger partial charge in [-0.15, -0.1) is 0 Å². The number of anilines is 1. The Labute approximate surface area is 175 Å². The maximum atomic E-state index is 13.7. The topological polar surface area (TPSA) is 65.1 Å². The van der Waals surface area contributed by atoms with Gasteiger partial charge in [-0.25, -0.2) is 12.8 Å². The molecule has 0 aliphatic carbocycles. The van der Waals surface area contributed by atoms with Crippen molar-refractivity contribution in [2.75, 3.05) is 25.6 Å². The third-order valence-corrected chi connectivity index (χ3v) is 6.31. The highest BCUT2D eigenvalue weighted by Crippen LogP contribution is 2.35. The van der Waals surface area contributed by atoms with Crippen molar-refractivity contribution in [3.8, 4) is 17.2 Å². The normalized spacial score (nSPS) is 11.1. The number of benzene rings is 3. The van der Waals surface area contributed by atoms with E-state index in [1.165, 1.54) is 56.0 Å². The van der Waals surface area contributed by atoms with E-state index in [9.17, 15) is 12.8 Å². The fourth-order valence-corrected chi connectivity index (χ4v) is 4.42. The van der Waals surface area contributed by atoms with Crippen molar-refractivity contribution in [1.82, 2.24) is 0 Å². The highest BCUT2D eigenvalue weighted by Gasteiger charge is 2.26. The number of rotatable bonds is 8. The molecule has 0 radical (unpaired) electrons. The number of hydrogen-bond donors (Lipinski definition) is 0. The second kappa shape index (κ2) is 9.04. The lowest BCUT2D eigenvalue weighted by Crippen LogP contribution is -2.30. The Bertz CT molecular complexity index is 1120. The minimum atomic E-state index is -3.98. The number of methoxy groups -OCH3 is 3. The molecule has 0 aromatic heterocycles. The predicted octanol–water partition coefficient (Wildman–Crippen LogP) is 4.25. The maximum Gasteiger partial charge on any atom is 0.264 e. The largest absolute Gasteiger partial charge is 0.497 e. The molecule has 3 aromatic carbocycles. The summed E-state index contributed by atoms with van der Waals surface area (Å²) in [5, 5.41) is 0. The number of sulfonamides is 1. The Kier molecular flexibility index (Phi) is 6.47. The molecule has 6 nitrogen and oxygen atoms in total. The standard InChI is InChI=1S/C22H22FNO5S/c1-27-19-8-10-20(11-9-19)30(25,26)24(15-16-5-4-6-17(23)13-16)18-7-12-21(28-2)22(14-18)29-3/h4-14H,15H2,1-3H3. The Morgan fingerprint density at radius 2 is 1.53 bits per heavy atom. The first-order valence-corrected chi connectivity index (χ1v) is 10.5. The van der Waals surface area contributed by atoms with E-state index in [0.717, 1.165) is 0 Å². The van der Waals surface area contributed by atoms with E-state index in [1.807, 2.05) is 0 Å².